The first kappa shape index (κ1) is 13.0. The molecule has 0 fully saturated rings. The molecule has 0 bridgehead atoms. The normalized spacial score (nSPS) is 10.4. The smallest absolute Gasteiger partial charge is 0.219 e. The van der Waals surface area contributed by atoms with Crippen molar-refractivity contribution < 1.29 is 9.13 Å². The fraction of sp³-hybridized carbons (Fsp3) is 0.154. The molecule has 0 aliphatic heterocycles. The zero-order chi connectivity index (χ0) is 13.1. The van der Waals surface area contributed by atoms with Gasteiger partial charge in [-0.1, -0.05) is 6.07 Å². The Balaban J connectivity index is 2.25. The molecule has 0 aliphatic rings. The Kier molecular flexibility index (Phi) is 3.93. The van der Waals surface area contributed by atoms with Crippen LogP contribution in [0.1, 0.15) is 11.1 Å². The molecule has 2 aromatic rings. The molecule has 0 radical (unpaired) electrons. The molecule has 1 aromatic heterocycles. The third-order valence-corrected chi connectivity index (χ3v) is 3.30. The predicted molar refractivity (Wildman–Crippen MR) is 71.0 cm³/mol. The van der Waals surface area contributed by atoms with Crippen LogP contribution in [-0.2, 0) is 6.54 Å². The summed E-state index contributed by atoms with van der Waals surface area (Å²) in [6.07, 6.45) is 1.62. The van der Waals surface area contributed by atoms with Crippen molar-refractivity contribution in [2.45, 2.75) is 13.5 Å². The number of nitrogens with zero attached hydrogens (tertiary/aromatic N) is 1. The number of pyridine rings is 1. The first-order valence-electron chi connectivity index (χ1n) is 5.38. The molecular weight excluding hydrogens is 299 g/mol. The summed E-state index contributed by atoms with van der Waals surface area (Å²) in [5.41, 5.74) is 7.13. The summed E-state index contributed by atoms with van der Waals surface area (Å²) in [6, 6.07) is 6.38. The average Bonchev–Trinajstić information content (AvgIpc) is 2.36. The van der Waals surface area contributed by atoms with Gasteiger partial charge in [-0.05, 0) is 46.1 Å². The van der Waals surface area contributed by atoms with Gasteiger partial charge in [0.15, 0.2) is 11.6 Å². The lowest BCUT2D eigenvalue weighted by Crippen LogP contribution is -1.98. The maximum absolute atomic E-state index is 13.7. The number of ether oxygens (including phenoxy) is 1. The summed E-state index contributed by atoms with van der Waals surface area (Å²) in [5, 5.41) is 0. The van der Waals surface area contributed by atoms with Crippen LogP contribution in [0, 0.1) is 12.7 Å². The number of halogens is 2. The van der Waals surface area contributed by atoms with Crippen LogP contribution in [0.4, 0.5) is 4.39 Å². The number of rotatable bonds is 3. The summed E-state index contributed by atoms with van der Waals surface area (Å²) in [4.78, 5) is 4.06. The molecule has 0 spiro atoms. The van der Waals surface area contributed by atoms with Gasteiger partial charge < -0.3 is 10.5 Å². The highest BCUT2D eigenvalue weighted by Crippen LogP contribution is 2.26. The van der Waals surface area contributed by atoms with E-state index in [1.165, 1.54) is 6.07 Å². The van der Waals surface area contributed by atoms with Crippen LogP contribution in [0.2, 0.25) is 0 Å². The lowest BCUT2D eigenvalue weighted by Gasteiger charge is -2.08. The van der Waals surface area contributed by atoms with E-state index in [1.807, 2.05) is 6.92 Å². The van der Waals surface area contributed by atoms with E-state index >= 15 is 0 Å². The Morgan fingerprint density at radius 2 is 2.17 bits per heavy atom. The highest BCUT2D eigenvalue weighted by molar-refractivity contribution is 9.10. The van der Waals surface area contributed by atoms with Crippen LogP contribution in [0.5, 0.6) is 11.6 Å². The monoisotopic (exact) mass is 310 g/mol. The minimum absolute atomic E-state index is 0.140. The molecule has 5 heteroatoms. The van der Waals surface area contributed by atoms with Gasteiger partial charge in [0.1, 0.15) is 0 Å². The van der Waals surface area contributed by atoms with Crippen molar-refractivity contribution in [2.24, 2.45) is 5.73 Å². The van der Waals surface area contributed by atoms with Gasteiger partial charge in [0.05, 0.1) is 0 Å². The van der Waals surface area contributed by atoms with Gasteiger partial charge in [-0.3, -0.25) is 0 Å². The van der Waals surface area contributed by atoms with Crippen molar-refractivity contribution >= 4 is 15.9 Å². The van der Waals surface area contributed by atoms with Crippen molar-refractivity contribution in [2.75, 3.05) is 0 Å². The topological polar surface area (TPSA) is 48.1 Å². The number of nitrogens with two attached hydrogens (primary N) is 1. The predicted octanol–water partition coefficient (Wildman–Crippen LogP) is 3.54. The van der Waals surface area contributed by atoms with Crippen molar-refractivity contribution in [3.63, 3.8) is 0 Å². The van der Waals surface area contributed by atoms with Crippen molar-refractivity contribution in [1.82, 2.24) is 4.98 Å². The van der Waals surface area contributed by atoms with Gasteiger partial charge in [0.25, 0.3) is 0 Å². The molecule has 3 nitrogen and oxygen atoms in total. The molecule has 0 saturated carbocycles. The summed E-state index contributed by atoms with van der Waals surface area (Å²) >= 11 is 3.34. The van der Waals surface area contributed by atoms with Crippen LogP contribution in [0.25, 0.3) is 0 Å². The van der Waals surface area contributed by atoms with Crippen molar-refractivity contribution in [3.8, 4) is 11.6 Å². The van der Waals surface area contributed by atoms with Gasteiger partial charge in [-0.15, -0.1) is 0 Å². The van der Waals surface area contributed by atoms with E-state index in [1.54, 1.807) is 24.4 Å². The maximum atomic E-state index is 13.7. The molecule has 94 valence electrons. The van der Waals surface area contributed by atoms with E-state index < -0.39 is 5.82 Å². The van der Waals surface area contributed by atoms with E-state index in [9.17, 15) is 4.39 Å². The van der Waals surface area contributed by atoms with Gasteiger partial charge in [-0.2, -0.15) is 0 Å². The first-order chi connectivity index (χ1) is 8.60. The summed E-state index contributed by atoms with van der Waals surface area (Å²) < 4.78 is 20.0. The highest BCUT2D eigenvalue weighted by atomic mass is 79.9. The van der Waals surface area contributed by atoms with Crippen LogP contribution in [0.15, 0.2) is 34.9 Å². The molecule has 1 aromatic carbocycles. The Morgan fingerprint density at radius 1 is 1.39 bits per heavy atom. The Hall–Kier alpha value is -1.46. The largest absolute Gasteiger partial charge is 0.436 e. The highest BCUT2D eigenvalue weighted by Gasteiger charge is 2.07. The second-order valence-corrected chi connectivity index (χ2v) is 4.70. The third-order valence-electron chi connectivity index (χ3n) is 2.47. The lowest BCUT2D eigenvalue weighted by molar-refractivity contribution is 0.426. The van der Waals surface area contributed by atoms with Gasteiger partial charge in [0.2, 0.25) is 5.88 Å². The van der Waals surface area contributed by atoms with Gasteiger partial charge >= 0.3 is 0 Å². The van der Waals surface area contributed by atoms with E-state index in [0.717, 1.165) is 15.6 Å². The minimum Gasteiger partial charge on any atom is -0.436 e. The van der Waals surface area contributed by atoms with Crippen molar-refractivity contribution in [3.05, 3.63) is 51.9 Å². The summed E-state index contributed by atoms with van der Waals surface area (Å²) in [7, 11) is 0. The Bertz CT molecular complexity index is 575. The Labute approximate surface area is 113 Å². The van der Waals surface area contributed by atoms with Crippen LogP contribution < -0.4 is 10.5 Å². The lowest BCUT2D eigenvalue weighted by atomic mass is 10.2. The fourth-order valence-corrected chi connectivity index (χ4v) is 1.65. The first-order valence-corrected chi connectivity index (χ1v) is 6.18. The molecule has 18 heavy (non-hydrogen) atoms. The van der Waals surface area contributed by atoms with Gasteiger partial charge in [-0.25, -0.2) is 9.37 Å². The number of hydrogen-bond acceptors (Lipinski definition) is 3. The maximum Gasteiger partial charge on any atom is 0.219 e. The standard InChI is InChI=1S/C13H12BrFN2O/c1-8-4-13(17-7-10(8)14)18-12-3-2-9(6-16)5-11(12)15/h2-5,7H,6,16H2,1H3. The minimum atomic E-state index is -0.444. The molecule has 1 heterocycles. The second-order valence-electron chi connectivity index (χ2n) is 3.84. The molecule has 0 aliphatic carbocycles. The van der Waals surface area contributed by atoms with E-state index in [4.69, 9.17) is 10.5 Å². The number of hydrogen-bond donors (Lipinski definition) is 1. The van der Waals surface area contributed by atoms with Crippen LogP contribution in [-0.4, -0.2) is 4.98 Å². The summed E-state index contributed by atoms with van der Waals surface area (Å²) in [6.45, 7) is 2.21. The van der Waals surface area contributed by atoms with Crippen molar-refractivity contribution in [1.29, 1.82) is 0 Å². The van der Waals surface area contributed by atoms with Crippen LogP contribution in [0.3, 0.4) is 0 Å². The van der Waals surface area contributed by atoms with Gasteiger partial charge in [0, 0.05) is 23.3 Å². The van der Waals surface area contributed by atoms with E-state index in [2.05, 4.69) is 20.9 Å². The zero-order valence-corrected chi connectivity index (χ0v) is 11.4. The molecule has 2 rings (SSSR count). The quantitative estimate of drug-likeness (QED) is 0.943. The molecule has 2 N–H and O–H groups in total. The summed E-state index contributed by atoms with van der Waals surface area (Å²) in [5.74, 6) is 0.0526. The molecule has 0 amide bonds. The Morgan fingerprint density at radius 3 is 2.78 bits per heavy atom. The van der Waals surface area contributed by atoms with E-state index in [-0.39, 0.29) is 5.75 Å². The SMILES string of the molecule is Cc1cc(Oc2ccc(CN)cc2F)ncc1Br. The molecule has 0 saturated heterocycles. The third kappa shape index (κ3) is 2.86. The van der Waals surface area contributed by atoms with Crippen LogP contribution >= 0.6 is 15.9 Å². The zero-order valence-electron chi connectivity index (χ0n) is 9.78. The average molecular weight is 311 g/mol. The second kappa shape index (κ2) is 5.46. The molecule has 0 unspecified atom stereocenters. The number of aryl methyl sites for hydroxylation is 1. The van der Waals surface area contributed by atoms with E-state index in [0.29, 0.717) is 12.4 Å². The molecule has 0 atom stereocenters. The number of aromatic nitrogens is 1. The number of benzene rings is 1. The fourth-order valence-electron chi connectivity index (χ4n) is 1.44. The molecular formula is C13H12BrFN2O.